The number of aromatic nitrogens is 2. The molecule has 6 nitrogen and oxygen atoms in total. The van der Waals surface area contributed by atoms with E-state index in [0.717, 1.165) is 37.6 Å². The first-order valence-electron chi connectivity index (χ1n) is 5.84. The van der Waals surface area contributed by atoms with Crippen molar-refractivity contribution < 1.29 is 4.74 Å². The fraction of sp³-hybridized carbons (Fsp3) is 0.636. The van der Waals surface area contributed by atoms with Crippen molar-refractivity contribution in [3.8, 4) is 0 Å². The number of rotatable bonds is 4. The van der Waals surface area contributed by atoms with E-state index in [2.05, 4.69) is 20.2 Å². The Kier molecular flexibility index (Phi) is 3.63. The third kappa shape index (κ3) is 2.97. The predicted molar refractivity (Wildman–Crippen MR) is 68.2 cm³/mol. The summed E-state index contributed by atoms with van der Waals surface area (Å²) in [4.78, 5) is 10.3. The number of ether oxygens (including phenoxy) is 1. The van der Waals surface area contributed by atoms with Crippen LogP contribution < -0.4 is 16.0 Å². The summed E-state index contributed by atoms with van der Waals surface area (Å²) in [7, 11) is 3.80. The Bertz CT molecular complexity index is 378. The van der Waals surface area contributed by atoms with Crippen molar-refractivity contribution in [1.29, 1.82) is 0 Å². The van der Waals surface area contributed by atoms with Crippen molar-refractivity contribution >= 4 is 17.6 Å². The van der Waals surface area contributed by atoms with E-state index in [9.17, 15) is 0 Å². The second-order valence-electron chi connectivity index (χ2n) is 4.24. The van der Waals surface area contributed by atoms with E-state index in [1.54, 1.807) is 0 Å². The van der Waals surface area contributed by atoms with Crippen LogP contribution >= 0.6 is 0 Å². The van der Waals surface area contributed by atoms with E-state index < -0.39 is 0 Å². The van der Waals surface area contributed by atoms with E-state index in [0.29, 0.717) is 6.10 Å². The van der Waals surface area contributed by atoms with Crippen molar-refractivity contribution in [2.75, 3.05) is 43.2 Å². The van der Waals surface area contributed by atoms with Crippen molar-refractivity contribution in [3.63, 3.8) is 0 Å². The van der Waals surface area contributed by atoms with E-state index in [1.165, 1.54) is 0 Å². The maximum Gasteiger partial charge on any atom is 0.223 e. The molecule has 1 unspecified atom stereocenters. The monoisotopic (exact) mass is 237 g/mol. The van der Waals surface area contributed by atoms with Gasteiger partial charge in [-0.05, 0) is 12.8 Å². The van der Waals surface area contributed by atoms with Crippen LogP contribution in [0.4, 0.5) is 17.6 Å². The standard InChI is InChI=1S/C11H19N5O/c1-13-9-6-10(15-11(12)14-9)16(2)7-8-4-3-5-17-8/h6,8H,3-5,7H2,1-2H3,(H3,12,13,14,15). The molecule has 2 heterocycles. The Morgan fingerprint density at radius 1 is 1.59 bits per heavy atom. The molecule has 0 bridgehead atoms. The van der Waals surface area contributed by atoms with Crippen LogP contribution in [0.25, 0.3) is 0 Å². The minimum atomic E-state index is 0.283. The molecule has 1 fully saturated rings. The molecular formula is C11H19N5O. The fourth-order valence-corrected chi connectivity index (χ4v) is 1.96. The molecule has 6 heteroatoms. The number of hydrogen-bond acceptors (Lipinski definition) is 6. The minimum absolute atomic E-state index is 0.283. The van der Waals surface area contributed by atoms with Crippen LogP contribution in [0, 0.1) is 0 Å². The summed E-state index contributed by atoms with van der Waals surface area (Å²) in [6.07, 6.45) is 2.56. The third-order valence-electron chi connectivity index (χ3n) is 2.88. The molecule has 0 spiro atoms. The molecule has 1 atom stereocenters. The summed E-state index contributed by atoms with van der Waals surface area (Å²) in [6.45, 7) is 1.70. The van der Waals surface area contributed by atoms with E-state index in [-0.39, 0.29) is 5.95 Å². The fourth-order valence-electron chi connectivity index (χ4n) is 1.96. The van der Waals surface area contributed by atoms with E-state index >= 15 is 0 Å². The zero-order valence-electron chi connectivity index (χ0n) is 10.3. The molecule has 1 aromatic rings. The lowest BCUT2D eigenvalue weighted by molar-refractivity contribution is 0.116. The van der Waals surface area contributed by atoms with Crippen molar-refractivity contribution in [2.45, 2.75) is 18.9 Å². The van der Waals surface area contributed by atoms with E-state index in [4.69, 9.17) is 10.5 Å². The summed E-state index contributed by atoms with van der Waals surface area (Å²) in [5, 5.41) is 2.97. The van der Waals surface area contributed by atoms with Gasteiger partial charge < -0.3 is 20.7 Å². The Hall–Kier alpha value is -1.56. The summed E-state index contributed by atoms with van der Waals surface area (Å²) in [5.41, 5.74) is 5.66. The SMILES string of the molecule is CNc1cc(N(C)CC2CCCO2)nc(N)n1. The lowest BCUT2D eigenvalue weighted by Gasteiger charge is -2.22. The lowest BCUT2D eigenvalue weighted by Crippen LogP contribution is -2.29. The Morgan fingerprint density at radius 2 is 2.41 bits per heavy atom. The highest BCUT2D eigenvalue weighted by molar-refractivity contribution is 5.51. The minimum Gasteiger partial charge on any atom is -0.376 e. The van der Waals surface area contributed by atoms with Crippen LogP contribution in [0.5, 0.6) is 0 Å². The molecule has 1 saturated heterocycles. The highest BCUT2D eigenvalue weighted by Gasteiger charge is 2.18. The average Bonchev–Trinajstić information content (AvgIpc) is 2.81. The van der Waals surface area contributed by atoms with Gasteiger partial charge >= 0.3 is 0 Å². The average molecular weight is 237 g/mol. The van der Waals surface area contributed by atoms with Crippen LogP contribution in [-0.4, -0.2) is 43.3 Å². The molecule has 1 aliphatic heterocycles. The van der Waals surface area contributed by atoms with Crippen molar-refractivity contribution in [2.24, 2.45) is 0 Å². The molecule has 1 aromatic heterocycles. The molecule has 0 aromatic carbocycles. The van der Waals surface area contributed by atoms with Gasteiger partial charge in [0.1, 0.15) is 11.6 Å². The van der Waals surface area contributed by atoms with Gasteiger partial charge in [0.05, 0.1) is 6.10 Å². The van der Waals surface area contributed by atoms with E-state index in [1.807, 2.05) is 20.2 Å². The normalized spacial score (nSPS) is 19.3. The highest BCUT2D eigenvalue weighted by atomic mass is 16.5. The van der Waals surface area contributed by atoms with Gasteiger partial charge in [0, 0.05) is 33.3 Å². The molecule has 0 radical (unpaired) electrons. The number of likely N-dealkylation sites (N-methyl/N-ethyl adjacent to an activating group) is 1. The maximum atomic E-state index is 5.66. The van der Waals surface area contributed by atoms with Gasteiger partial charge in [-0.2, -0.15) is 9.97 Å². The molecule has 94 valence electrons. The number of nitrogens with two attached hydrogens (primary N) is 1. The first-order valence-corrected chi connectivity index (χ1v) is 5.84. The van der Waals surface area contributed by atoms with Crippen LogP contribution in [0.15, 0.2) is 6.07 Å². The van der Waals surface area contributed by atoms with Crippen LogP contribution in [0.3, 0.4) is 0 Å². The van der Waals surface area contributed by atoms with Gasteiger partial charge in [0.15, 0.2) is 0 Å². The Balaban J connectivity index is 2.06. The lowest BCUT2D eigenvalue weighted by atomic mass is 10.2. The zero-order chi connectivity index (χ0) is 12.3. The predicted octanol–water partition coefficient (Wildman–Crippen LogP) is 0.716. The number of nitrogens with one attached hydrogen (secondary N) is 1. The summed E-state index contributed by atoms with van der Waals surface area (Å²) in [6, 6.07) is 1.88. The topological polar surface area (TPSA) is 76.3 Å². The van der Waals surface area contributed by atoms with Crippen LogP contribution in [-0.2, 0) is 4.74 Å². The molecule has 17 heavy (non-hydrogen) atoms. The summed E-state index contributed by atoms with van der Waals surface area (Å²) < 4.78 is 5.60. The van der Waals surface area contributed by atoms with Gasteiger partial charge in [-0.3, -0.25) is 0 Å². The van der Waals surface area contributed by atoms with Crippen molar-refractivity contribution in [1.82, 2.24) is 9.97 Å². The van der Waals surface area contributed by atoms with Gasteiger partial charge in [-0.15, -0.1) is 0 Å². The van der Waals surface area contributed by atoms with Gasteiger partial charge in [-0.1, -0.05) is 0 Å². The molecular weight excluding hydrogens is 218 g/mol. The first kappa shape index (κ1) is 11.9. The van der Waals surface area contributed by atoms with Gasteiger partial charge in [-0.25, -0.2) is 0 Å². The summed E-state index contributed by atoms with van der Waals surface area (Å²) >= 11 is 0. The zero-order valence-corrected chi connectivity index (χ0v) is 10.3. The number of hydrogen-bond donors (Lipinski definition) is 2. The molecule has 1 aliphatic rings. The summed E-state index contributed by atoms with van der Waals surface area (Å²) in [5.74, 6) is 1.83. The molecule has 0 amide bonds. The largest absolute Gasteiger partial charge is 0.376 e. The molecule has 3 N–H and O–H groups in total. The second-order valence-corrected chi connectivity index (χ2v) is 4.24. The molecule has 2 rings (SSSR count). The maximum absolute atomic E-state index is 5.66. The van der Waals surface area contributed by atoms with Gasteiger partial charge in [0.2, 0.25) is 5.95 Å². The third-order valence-corrected chi connectivity index (χ3v) is 2.88. The molecule has 0 saturated carbocycles. The highest BCUT2D eigenvalue weighted by Crippen LogP contribution is 2.19. The van der Waals surface area contributed by atoms with Gasteiger partial charge in [0.25, 0.3) is 0 Å². The Morgan fingerprint density at radius 3 is 3.06 bits per heavy atom. The smallest absolute Gasteiger partial charge is 0.223 e. The quantitative estimate of drug-likeness (QED) is 0.803. The van der Waals surface area contributed by atoms with Crippen molar-refractivity contribution in [3.05, 3.63) is 6.07 Å². The second kappa shape index (κ2) is 5.18. The molecule has 0 aliphatic carbocycles. The number of anilines is 3. The number of nitrogen functional groups attached to an aromatic ring is 1. The Labute approximate surface area is 101 Å². The number of nitrogens with zero attached hydrogens (tertiary/aromatic N) is 3. The van der Waals surface area contributed by atoms with Crippen LogP contribution in [0.2, 0.25) is 0 Å². The van der Waals surface area contributed by atoms with Crippen LogP contribution in [0.1, 0.15) is 12.8 Å². The first-order chi connectivity index (χ1) is 8.19.